The second kappa shape index (κ2) is 9.41. The van der Waals surface area contributed by atoms with Gasteiger partial charge in [0, 0.05) is 15.4 Å². The zero-order valence-corrected chi connectivity index (χ0v) is 19.8. The van der Waals surface area contributed by atoms with Gasteiger partial charge in [-0.1, -0.05) is 58.4 Å². The molecule has 0 radical (unpaired) electrons. The number of imidazole rings is 1. The molecule has 5 rings (SSSR count). The lowest BCUT2D eigenvalue weighted by atomic mass is 10.0. The zero-order chi connectivity index (χ0) is 24.4. The maximum atomic E-state index is 13.1. The highest BCUT2D eigenvalue weighted by atomic mass is 79.9. The van der Waals surface area contributed by atoms with Crippen LogP contribution in [0.2, 0.25) is 0 Å². The van der Waals surface area contributed by atoms with Crippen LogP contribution in [-0.2, 0) is 4.74 Å². The van der Waals surface area contributed by atoms with E-state index in [9.17, 15) is 15.2 Å². The number of hydrogen-bond donors (Lipinski definition) is 2. The Kier molecular flexibility index (Phi) is 6.00. The first-order chi connectivity index (χ1) is 17.0. The minimum atomic E-state index is -0.643. The number of nitriles is 1. The van der Waals surface area contributed by atoms with Crippen LogP contribution in [0.25, 0.3) is 38.8 Å². The van der Waals surface area contributed by atoms with Gasteiger partial charge in [0.25, 0.3) is 0 Å². The number of benzene rings is 3. The molecule has 0 aliphatic heterocycles. The molecule has 0 fully saturated rings. The molecule has 0 atom stereocenters. The third kappa shape index (κ3) is 4.50. The number of nitrogens with zero attached hydrogens (tertiary/aromatic N) is 3. The molecule has 8 heteroatoms. The minimum Gasteiger partial charge on any atom is -0.507 e. The Morgan fingerprint density at radius 3 is 2.46 bits per heavy atom. The summed E-state index contributed by atoms with van der Waals surface area (Å²) in [6.45, 7) is -0.483. The van der Waals surface area contributed by atoms with Gasteiger partial charge >= 0.3 is 5.97 Å². The van der Waals surface area contributed by atoms with E-state index in [0.29, 0.717) is 27.7 Å². The van der Waals surface area contributed by atoms with Crippen molar-refractivity contribution in [2.45, 2.75) is 0 Å². The molecule has 170 valence electrons. The highest BCUT2D eigenvalue weighted by molar-refractivity contribution is 9.10. The van der Waals surface area contributed by atoms with Crippen molar-refractivity contribution in [2.24, 2.45) is 0 Å². The van der Waals surface area contributed by atoms with Gasteiger partial charge in [-0.05, 0) is 36.4 Å². The van der Waals surface area contributed by atoms with E-state index in [0.717, 1.165) is 15.6 Å². The Hall–Kier alpha value is -4.48. The lowest BCUT2D eigenvalue weighted by Gasteiger charge is -2.10. The summed E-state index contributed by atoms with van der Waals surface area (Å²) in [5.74, 6) is -0.837. The summed E-state index contributed by atoms with van der Waals surface area (Å²) in [5.41, 5.74) is 3.69. The predicted octanol–water partition coefficient (Wildman–Crippen LogP) is 6.19. The van der Waals surface area contributed by atoms with Crippen molar-refractivity contribution in [3.8, 4) is 17.3 Å². The van der Waals surface area contributed by atoms with Crippen molar-refractivity contribution >= 4 is 49.4 Å². The molecule has 2 N–H and O–H groups in total. The van der Waals surface area contributed by atoms with Crippen LogP contribution in [0.4, 0.5) is 0 Å². The van der Waals surface area contributed by atoms with Gasteiger partial charge in [-0.25, -0.2) is 14.8 Å². The Labute approximate surface area is 208 Å². The molecular formula is C27H17BrN4O3. The lowest BCUT2D eigenvalue weighted by Crippen LogP contribution is -2.10. The SMILES string of the molecule is N#C/C(=C(\O)COC(=O)c1cc(-c2ccc(Br)cc2)nc2ccccc12)c1nc2ccccc2[nH]1. The van der Waals surface area contributed by atoms with Crippen LogP contribution in [0.15, 0.2) is 89.1 Å². The minimum absolute atomic E-state index is 0.0934. The van der Waals surface area contributed by atoms with Gasteiger partial charge < -0.3 is 14.8 Å². The molecule has 5 aromatic rings. The quantitative estimate of drug-likeness (QED) is 0.161. The standard InChI is InChI=1S/C27H17BrN4O3/c28-17-11-9-16(10-12-17)24-13-19(18-5-1-2-6-21(18)30-24)27(34)35-15-25(33)20(14-29)26-31-22-7-3-4-8-23(22)32-26/h1-13,33H,15H2,(H,31,32)/b25-20+. The second-order valence-corrected chi connectivity index (χ2v) is 8.61. The number of carbonyl (C=O) groups excluding carboxylic acids is 1. The normalized spacial score (nSPS) is 11.8. The Balaban J connectivity index is 1.46. The number of fused-ring (bicyclic) bond motifs is 2. The third-order valence-electron chi connectivity index (χ3n) is 5.44. The smallest absolute Gasteiger partial charge is 0.339 e. The number of nitrogens with one attached hydrogen (secondary N) is 1. The van der Waals surface area contributed by atoms with Crippen molar-refractivity contribution in [2.75, 3.05) is 6.61 Å². The lowest BCUT2D eigenvalue weighted by molar-refractivity contribution is 0.0505. The molecule has 0 bridgehead atoms. The number of aromatic nitrogens is 3. The summed E-state index contributed by atoms with van der Waals surface area (Å²) in [6, 6.07) is 25.7. The summed E-state index contributed by atoms with van der Waals surface area (Å²) < 4.78 is 6.34. The number of H-pyrrole nitrogens is 1. The van der Waals surface area contributed by atoms with Crippen molar-refractivity contribution in [1.82, 2.24) is 15.0 Å². The van der Waals surface area contributed by atoms with Gasteiger partial charge in [-0.15, -0.1) is 0 Å². The summed E-state index contributed by atoms with van der Waals surface area (Å²) in [5, 5.41) is 20.8. The first-order valence-electron chi connectivity index (χ1n) is 10.6. The summed E-state index contributed by atoms with van der Waals surface area (Å²) in [6.07, 6.45) is 0. The average molecular weight is 525 g/mol. The molecule has 0 aliphatic carbocycles. The number of aliphatic hydroxyl groups is 1. The van der Waals surface area contributed by atoms with Crippen molar-refractivity contribution in [1.29, 1.82) is 5.26 Å². The number of pyridine rings is 1. The fourth-order valence-corrected chi connectivity index (χ4v) is 3.99. The van der Waals surface area contributed by atoms with Crippen LogP contribution in [0.1, 0.15) is 16.2 Å². The van der Waals surface area contributed by atoms with Gasteiger partial charge in [0.15, 0.2) is 11.6 Å². The molecule has 0 amide bonds. The monoisotopic (exact) mass is 524 g/mol. The highest BCUT2D eigenvalue weighted by Gasteiger charge is 2.18. The van der Waals surface area contributed by atoms with E-state index < -0.39 is 18.3 Å². The molecule has 0 saturated carbocycles. The number of aromatic amines is 1. The molecule has 2 aromatic heterocycles. The van der Waals surface area contributed by atoms with Crippen molar-refractivity contribution in [3.05, 3.63) is 100 Å². The Morgan fingerprint density at radius 1 is 1.00 bits per heavy atom. The Morgan fingerprint density at radius 2 is 1.71 bits per heavy atom. The number of hydrogen-bond acceptors (Lipinski definition) is 6. The van der Waals surface area contributed by atoms with E-state index in [-0.39, 0.29) is 11.4 Å². The number of aliphatic hydroxyl groups excluding tert-OH is 1. The van der Waals surface area contributed by atoms with Crippen LogP contribution in [0.3, 0.4) is 0 Å². The van der Waals surface area contributed by atoms with E-state index in [1.165, 1.54) is 0 Å². The van der Waals surface area contributed by atoms with E-state index in [1.807, 2.05) is 66.7 Å². The highest BCUT2D eigenvalue weighted by Crippen LogP contribution is 2.27. The number of allylic oxidation sites excluding steroid dienone is 1. The molecular weight excluding hydrogens is 508 g/mol. The summed E-state index contributed by atoms with van der Waals surface area (Å²) in [4.78, 5) is 25.1. The molecule has 2 heterocycles. The predicted molar refractivity (Wildman–Crippen MR) is 136 cm³/mol. The summed E-state index contributed by atoms with van der Waals surface area (Å²) in [7, 11) is 0. The van der Waals surface area contributed by atoms with E-state index in [4.69, 9.17) is 4.74 Å². The number of esters is 1. The molecule has 35 heavy (non-hydrogen) atoms. The number of para-hydroxylation sites is 3. The second-order valence-electron chi connectivity index (χ2n) is 7.69. The van der Waals surface area contributed by atoms with E-state index >= 15 is 0 Å². The fourth-order valence-electron chi connectivity index (χ4n) is 3.72. The number of carbonyl (C=O) groups is 1. The third-order valence-corrected chi connectivity index (χ3v) is 5.97. The molecule has 0 spiro atoms. The fraction of sp³-hybridized carbons (Fsp3) is 0.0370. The van der Waals surface area contributed by atoms with E-state index in [1.54, 1.807) is 18.2 Å². The Bertz CT molecular complexity index is 1620. The van der Waals surface area contributed by atoms with Crippen molar-refractivity contribution < 1.29 is 14.6 Å². The topological polar surface area (TPSA) is 112 Å². The molecule has 0 unspecified atom stereocenters. The zero-order valence-electron chi connectivity index (χ0n) is 18.2. The number of rotatable bonds is 5. The first kappa shape index (κ1) is 22.3. The summed E-state index contributed by atoms with van der Waals surface area (Å²) >= 11 is 3.42. The molecule has 0 aliphatic rings. The van der Waals surface area contributed by atoms with Gasteiger partial charge in [0.05, 0.1) is 27.8 Å². The van der Waals surface area contributed by atoms with Gasteiger partial charge in [-0.3, -0.25) is 0 Å². The van der Waals surface area contributed by atoms with Crippen LogP contribution in [0, 0.1) is 11.3 Å². The van der Waals surface area contributed by atoms with Crippen LogP contribution < -0.4 is 0 Å². The number of halogens is 1. The molecule has 0 saturated heterocycles. The van der Waals surface area contributed by atoms with E-state index in [2.05, 4.69) is 30.9 Å². The van der Waals surface area contributed by atoms with Gasteiger partial charge in [0.2, 0.25) is 0 Å². The van der Waals surface area contributed by atoms with Gasteiger partial charge in [-0.2, -0.15) is 5.26 Å². The molecule has 3 aromatic carbocycles. The number of ether oxygens (including phenoxy) is 1. The van der Waals surface area contributed by atoms with Crippen LogP contribution in [0.5, 0.6) is 0 Å². The van der Waals surface area contributed by atoms with Crippen LogP contribution >= 0.6 is 15.9 Å². The van der Waals surface area contributed by atoms with Crippen molar-refractivity contribution in [3.63, 3.8) is 0 Å². The van der Waals surface area contributed by atoms with Crippen LogP contribution in [-0.4, -0.2) is 32.6 Å². The first-order valence-corrected chi connectivity index (χ1v) is 11.4. The average Bonchev–Trinajstić information content (AvgIpc) is 3.31. The molecule has 7 nitrogen and oxygen atoms in total. The maximum Gasteiger partial charge on any atom is 0.339 e. The largest absolute Gasteiger partial charge is 0.507 e. The maximum absolute atomic E-state index is 13.1. The van der Waals surface area contributed by atoms with Gasteiger partial charge in [0.1, 0.15) is 18.2 Å².